The minimum Gasteiger partial charge on any atom is -0.317 e. The molecule has 1 aliphatic heterocycles. The number of benzene rings is 1. The zero-order valence-corrected chi connectivity index (χ0v) is 11.3. The van der Waals surface area contributed by atoms with Crippen molar-refractivity contribution in [3.63, 3.8) is 0 Å². The summed E-state index contributed by atoms with van der Waals surface area (Å²) < 4.78 is 3.20. The van der Waals surface area contributed by atoms with Gasteiger partial charge in [0, 0.05) is 12.6 Å². The van der Waals surface area contributed by atoms with E-state index in [0.29, 0.717) is 6.04 Å². The van der Waals surface area contributed by atoms with Gasteiger partial charge in [0.25, 0.3) is 0 Å². The summed E-state index contributed by atoms with van der Waals surface area (Å²) in [6.07, 6.45) is 3.91. The molecule has 4 heteroatoms. The molecule has 0 spiro atoms. The van der Waals surface area contributed by atoms with E-state index in [1.807, 2.05) is 6.07 Å². The van der Waals surface area contributed by atoms with E-state index in [0.717, 1.165) is 23.3 Å². The summed E-state index contributed by atoms with van der Waals surface area (Å²) in [6.45, 7) is 2.15. The highest BCUT2D eigenvalue weighted by Gasteiger charge is 2.16. The van der Waals surface area contributed by atoms with Crippen molar-refractivity contribution in [1.29, 1.82) is 0 Å². The molecule has 1 unspecified atom stereocenters. The second kappa shape index (κ2) is 4.78. The summed E-state index contributed by atoms with van der Waals surface area (Å²) in [6, 6.07) is 8.88. The first-order valence-electron chi connectivity index (χ1n) is 6.19. The summed E-state index contributed by atoms with van der Waals surface area (Å²) in [5.74, 6) is 0. The molecule has 90 valence electrons. The van der Waals surface area contributed by atoms with Crippen LogP contribution in [0.15, 0.2) is 29.0 Å². The van der Waals surface area contributed by atoms with Crippen molar-refractivity contribution in [3.8, 4) is 0 Å². The van der Waals surface area contributed by atoms with Crippen LogP contribution in [0.4, 0.5) is 0 Å². The summed E-state index contributed by atoms with van der Waals surface area (Å²) in [5.41, 5.74) is 2.28. The van der Waals surface area contributed by atoms with Crippen LogP contribution in [0.2, 0.25) is 0 Å². The van der Waals surface area contributed by atoms with E-state index < -0.39 is 0 Å². The fraction of sp³-hybridized carbons (Fsp3) is 0.462. The number of nitrogens with zero attached hydrogens (tertiary/aromatic N) is 2. The number of hydrogen-bond donors (Lipinski definition) is 1. The second-order valence-electron chi connectivity index (χ2n) is 4.63. The van der Waals surface area contributed by atoms with E-state index in [1.165, 1.54) is 24.8 Å². The van der Waals surface area contributed by atoms with Gasteiger partial charge < -0.3 is 9.88 Å². The SMILES string of the molecule is Brc1nc2ccccc2n1CC1CCCCN1. The van der Waals surface area contributed by atoms with Crippen molar-refractivity contribution in [3.05, 3.63) is 29.0 Å². The Morgan fingerprint density at radius 2 is 2.24 bits per heavy atom. The second-order valence-corrected chi connectivity index (χ2v) is 5.34. The third-order valence-electron chi connectivity index (χ3n) is 3.42. The number of imidazole rings is 1. The molecule has 2 aromatic rings. The van der Waals surface area contributed by atoms with E-state index in [9.17, 15) is 0 Å². The smallest absolute Gasteiger partial charge is 0.178 e. The molecular weight excluding hydrogens is 278 g/mol. The predicted octanol–water partition coefficient (Wildman–Crippen LogP) is 2.94. The van der Waals surface area contributed by atoms with E-state index in [1.54, 1.807) is 0 Å². The maximum atomic E-state index is 4.53. The quantitative estimate of drug-likeness (QED) is 0.923. The minimum atomic E-state index is 0.581. The predicted molar refractivity (Wildman–Crippen MR) is 73.1 cm³/mol. The molecule has 2 heterocycles. The zero-order chi connectivity index (χ0) is 11.7. The van der Waals surface area contributed by atoms with Crippen molar-refractivity contribution < 1.29 is 0 Å². The maximum Gasteiger partial charge on any atom is 0.178 e. The number of piperidine rings is 1. The van der Waals surface area contributed by atoms with Gasteiger partial charge in [-0.2, -0.15) is 0 Å². The van der Waals surface area contributed by atoms with E-state index in [-0.39, 0.29) is 0 Å². The van der Waals surface area contributed by atoms with Gasteiger partial charge in [-0.1, -0.05) is 18.6 Å². The van der Waals surface area contributed by atoms with Crippen molar-refractivity contribution in [2.75, 3.05) is 6.54 Å². The molecule has 3 nitrogen and oxygen atoms in total. The molecular formula is C13H16BrN3. The molecule has 1 fully saturated rings. The highest BCUT2D eigenvalue weighted by atomic mass is 79.9. The minimum absolute atomic E-state index is 0.581. The number of aromatic nitrogens is 2. The lowest BCUT2D eigenvalue weighted by atomic mass is 10.1. The number of nitrogens with one attached hydrogen (secondary N) is 1. The van der Waals surface area contributed by atoms with Crippen LogP contribution in [-0.4, -0.2) is 22.1 Å². The first-order valence-corrected chi connectivity index (χ1v) is 6.98. The third-order valence-corrected chi connectivity index (χ3v) is 4.03. The molecule has 3 rings (SSSR count). The van der Waals surface area contributed by atoms with Gasteiger partial charge in [0.1, 0.15) is 0 Å². The topological polar surface area (TPSA) is 29.9 Å². The lowest BCUT2D eigenvalue weighted by Crippen LogP contribution is -2.37. The van der Waals surface area contributed by atoms with Gasteiger partial charge in [-0.15, -0.1) is 0 Å². The van der Waals surface area contributed by atoms with Gasteiger partial charge in [-0.25, -0.2) is 4.98 Å². The molecule has 1 aromatic carbocycles. The largest absolute Gasteiger partial charge is 0.317 e. The van der Waals surface area contributed by atoms with Gasteiger partial charge in [0.05, 0.1) is 11.0 Å². The normalized spacial score (nSPS) is 20.9. The van der Waals surface area contributed by atoms with Gasteiger partial charge in [0.2, 0.25) is 0 Å². The highest BCUT2D eigenvalue weighted by Crippen LogP contribution is 2.21. The fourth-order valence-electron chi connectivity index (χ4n) is 2.52. The van der Waals surface area contributed by atoms with E-state index >= 15 is 0 Å². The van der Waals surface area contributed by atoms with E-state index in [2.05, 4.69) is 49.0 Å². The van der Waals surface area contributed by atoms with Crippen LogP contribution in [0.1, 0.15) is 19.3 Å². The van der Waals surface area contributed by atoms with Crippen molar-refractivity contribution in [2.24, 2.45) is 0 Å². The van der Waals surface area contributed by atoms with E-state index in [4.69, 9.17) is 0 Å². The first-order chi connectivity index (χ1) is 8.34. The molecule has 1 atom stereocenters. The van der Waals surface area contributed by atoms with Crippen LogP contribution in [0, 0.1) is 0 Å². The molecule has 0 aliphatic carbocycles. The average molecular weight is 294 g/mol. The monoisotopic (exact) mass is 293 g/mol. The fourth-order valence-corrected chi connectivity index (χ4v) is 3.05. The Morgan fingerprint density at radius 3 is 3.06 bits per heavy atom. The summed E-state index contributed by atoms with van der Waals surface area (Å²) in [7, 11) is 0. The Hall–Kier alpha value is -0.870. The van der Waals surface area contributed by atoms with Gasteiger partial charge in [-0.3, -0.25) is 0 Å². The molecule has 0 amide bonds. The van der Waals surface area contributed by atoms with Gasteiger partial charge in [0.15, 0.2) is 4.73 Å². The number of para-hydroxylation sites is 2. The summed E-state index contributed by atoms with van der Waals surface area (Å²) in [5, 5.41) is 3.58. The Morgan fingerprint density at radius 1 is 1.35 bits per heavy atom. The van der Waals surface area contributed by atoms with Crippen LogP contribution in [-0.2, 0) is 6.54 Å². The molecule has 0 radical (unpaired) electrons. The van der Waals surface area contributed by atoms with Crippen LogP contribution >= 0.6 is 15.9 Å². The molecule has 1 N–H and O–H groups in total. The Balaban J connectivity index is 1.90. The van der Waals surface area contributed by atoms with Crippen molar-refractivity contribution in [2.45, 2.75) is 31.8 Å². The van der Waals surface area contributed by atoms with Crippen molar-refractivity contribution in [1.82, 2.24) is 14.9 Å². The van der Waals surface area contributed by atoms with Crippen LogP contribution in [0.5, 0.6) is 0 Å². The van der Waals surface area contributed by atoms with Gasteiger partial charge in [-0.05, 0) is 47.4 Å². The zero-order valence-electron chi connectivity index (χ0n) is 9.69. The molecule has 1 aliphatic rings. The number of halogens is 1. The molecule has 1 saturated heterocycles. The van der Waals surface area contributed by atoms with Crippen molar-refractivity contribution >= 4 is 27.0 Å². The standard InChI is InChI=1S/C13H16BrN3/c14-13-16-11-6-1-2-7-12(11)17(13)9-10-5-3-4-8-15-10/h1-2,6-7,10,15H,3-5,8-9H2. The number of fused-ring (bicyclic) bond motifs is 1. The first kappa shape index (κ1) is 11.2. The molecule has 0 bridgehead atoms. The Kier molecular flexibility index (Phi) is 3.16. The maximum absolute atomic E-state index is 4.53. The summed E-state index contributed by atoms with van der Waals surface area (Å²) >= 11 is 3.56. The lowest BCUT2D eigenvalue weighted by Gasteiger charge is -2.24. The van der Waals surface area contributed by atoms with Crippen LogP contribution < -0.4 is 5.32 Å². The van der Waals surface area contributed by atoms with Gasteiger partial charge >= 0.3 is 0 Å². The third kappa shape index (κ3) is 2.24. The lowest BCUT2D eigenvalue weighted by molar-refractivity contribution is 0.364. The number of hydrogen-bond acceptors (Lipinski definition) is 2. The average Bonchev–Trinajstić information content (AvgIpc) is 2.68. The Bertz CT molecular complexity index is 514. The number of rotatable bonds is 2. The Labute approximate surface area is 109 Å². The molecule has 17 heavy (non-hydrogen) atoms. The molecule has 1 aromatic heterocycles. The molecule has 0 saturated carbocycles. The van der Waals surface area contributed by atoms with Crippen LogP contribution in [0.25, 0.3) is 11.0 Å². The highest BCUT2D eigenvalue weighted by molar-refractivity contribution is 9.10. The van der Waals surface area contributed by atoms with Crippen LogP contribution in [0.3, 0.4) is 0 Å². The summed E-state index contributed by atoms with van der Waals surface area (Å²) in [4.78, 5) is 4.53.